The summed E-state index contributed by atoms with van der Waals surface area (Å²) >= 11 is 6.72. The number of pyridine rings is 1. The molecule has 3 heterocycles. The molecule has 0 aliphatic heterocycles. The van der Waals surface area contributed by atoms with Gasteiger partial charge in [0.15, 0.2) is 5.82 Å². The lowest BCUT2D eigenvalue weighted by molar-refractivity contribution is -0.111. The Hall–Kier alpha value is -5.20. The number of ether oxygens (including phenoxy) is 2. The van der Waals surface area contributed by atoms with Crippen LogP contribution in [0.1, 0.15) is 5.56 Å². The number of rotatable bonds is 11. The minimum Gasteiger partial charge on any atom is -0.497 e. The highest BCUT2D eigenvalue weighted by Gasteiger charge is 2.19. The second-order valence-corrected chi connectivity index (χ2v) is 10.8. The summed E-state index contributed by atoms with van der Waals surface area (Å²) in [6.45, 7) is 0.782. The molecule has 0 spiro atoms. The van der Waals surface area contributed by atoms with Crippen molar-refractivity contribution in [3.63, 3.8) is 0 Å². The zero-order valence-electron chi connectivity index (χ0n) is 25.5. The largest absolute Gasteiger partial charge is 0.497 e. The fraction of sp³-hybridized carbons (Fsp3) is 0.219. The number of aromatic nitrogens is 5. The van der Waals surface area contributed by atoms with Crippen molar-refractivity contribution in [1.82, 2.24) is 29.2 Å². The molecule has 5 aromatic rings. The molecule has 2 aromatic carbocycles. The number of aryl methyl sites for hydroxylation is 1. The van der Waals surface area contributed by atoms with Crippen LogP contribution in [-0.4, -0.2) is 70.0 Å². The van der Waals surface area contributed by atoms with Gasteiger partial charge in [-0.3, -0.25) is 18.8 Å². The topological polar surface area (TPSA) is 128 Å². The molecule has 13 heteroatoms. The quantitative estimate of drug-likeness (QED) is 0.200. The number of carbonyl (C=O) groups excluding carboxylic acids is 1. The first-order valence-corrected chi connectivity index (χ1v) is 14.3. The summed E-state index contributed by atoms with van der Waals surface area (Å²) in [7, 11) is 8.68. The molecule has 45 heavy (non-hydrogen) atoms. The molecule has 0 radical (unpaired) electrons. The van der Waals surface area contributed by atoms with Gasteiger partial charge in [-0.05, 0) is 43.9 Å². The molecule has 12 nitrogen and oxygen atoms in total. The van der Waals surface area contributed by atoms with Crippen LogP contribution in [0.5, 0.6) is 11.5 Å². The van der Waals surface area contributed by atoms with Gasteiger partial charge in [0.05, 0.1) is 25.8 Å². The smallest absolute Gasteiger partial charge is 0.260 e. The molecule has 0 fully saturated rings. The Kier molecular flexibility index (Phi) is 9.45. The molecule has 1 amide bonds. The molecule has 0 saturated carbocycles. The van der Waals surface area contributed by atoms with Crippen molar-refractivity contribution in [2.45, 2.75) is 6.54 Å². The van der Waals surface area contributed by atoms with Gasteiger partial charge in [0.2, 0.25) is 11.9 Å². The molecular formula is C32H33ClN8O4. The molecule has 0 unspecified atom stereocenters. The predicted octanol–water partition coefficient (Wildman–Crippen LogP) is 4.71. The molecule has 5 rings (SSSR count). The lowest BCUT2D eigenvalue weighted by atomic mass is 10.0. The molecule has 0 atom stereocenters. The summed E-state index contributed by atoms with van der Waals surface area (Å²) in [6.07, 6.45) is 6.70. The van der Waals surface area contributed by atoms with E-state index in [2.05, 4.69) is 20.7 Å². The third-order valence-corrected chi connectivity index (χ3v) is 7.20. The number of carbonyl (C=O) groups is 1. The first kappa shape index (κ1) is 31.2. The van der Waals surface area contributed by atoms with Crippen LogP contribution >= 0.6 is 11.6 Å². The average molecular weight is 629 g/mol. The van der Waals surface area contributed by atoms with Gasteiger partial charge in [0, 0.05) is 66.4 Å². The van der Waals surface area contributed by atoms with Crippen molar-refractivity contribution in [3.8, 4) is 22.6 Å². The van der Waals surface area contributed by atoms with Crippen LogP contribution in [0.25, 0.3) is 22.2 Å². The summed E-state index contributed by atoms with van der Waals surface area (Å²) < 4.78 is 14.1. The molecule has 2 N–H and O–H groups in total. The Labute approximate surface area is 264 Å². The van der Waals surface area contributed by atoms with Gasteiger partial charge in [-0.15, -0.1) is 0 Å². The van der Waals surface area contributed by atoms with E-state index in [1.807, 2.05) is 37.2 Å². The number of hydrogen-bond donors (Lipinski definition) is 2. The van der Waals surface area contributed by atoms with Crippen LogP contribution in [0.2, 0.25) is 5.02 Å². The Bertz CT molecular complexity index is 1950. The number of amides is 1. The van der Waals surface area contributed by atoms with Crippen LogP contribution in [0.15, 0.2) is 77.9 Å². The first-order valence-electron chi connectivity index (χ1n) is 14.0. The molecule has 3 aromatic heterocycles. The number of hydrogen-bond acceptors (Lipinski definition) is 9. The van der Waals surface area contributed by atoms with E-state index in [0.717, 1.165) is 5.56 Å². The lowest BCUT2D eigenvalue weighted by Gasteiger charge is -2.16. The fourth-order valence-corrected chi connectivity index (χ4v) is 4.96. The molecule has 0 aliphatic rings. The number of likely N-dealkylation sites (N-methyl/N-ethyl adjacent to an activating group) is 1. The van der Waals surface area contributed by atoms with Crippen molar-refractivity contribution in [2.24, 2.45) is 7.05 Å². The Balaban J connectivity index is 1.60. The molecule has 232 valence electrons. The van der Waals surface area contributed by atoms with Crippen molar-refractivity contribution >= 4 is 46.0 Å². The number of anilines is 3. The summed E-state index contributed by atoms with van der Waals surface area (Å²) in [5, 5.41) is 11.2. The van der Waals surface area contributed by atoms with Crippen molar-refractivity contribution in [3.05, 3.63) is 94.0 Å². The summed E-state index contributed by atoms with van der Waals surface area (Å²) in [5.74, 6) is 1.42. The highest BCUT2D eigenvalue weighted by molar-refractivity contribution is 6.35. The highest BCUT2D eigenvalue weighted by Crippen LogP contribution is 2.38. The van der Waals surface area contributed by atoms with Gasteiger partial charge in [0.25, 0.3) is 5.56 Å². The number of halogens is 1. The Morgan fingerprint density at radius 1 is 1.09 bits per heavy atom. The van der Waals surface area contributed by atoms with E-state index < -0.39 is 0 Å². The predicted molar refractivity (Wildman–Crippen MR) is 176 cm³/mol. The van der Waals surface area contributed by atoms with Gasteiger partial charge in [-0.25, -0.2) is 4.98 Å². The van der Waals surface area contributed by atoms with Gasteiger partial charge in [-0.2, -0.15) is 10.1 Å². The standard InChI is InChI=1S/C32H33ClN8O4/c1-39(2)12-7-10-28(42)35-22-9-6-8-20(14-22)19-41-30-21(18-34-32(37-30)36-27-11-13-40(3)38-27)15-25(31(41)43)24-16-23(44-4)17-26(45-5)29(24)33/h6-11,13-18H,12,19H2,1-5H3,(H,35,42)(H,34,36,37,38)/b10-7+. The molecule has 0 aliphatic carbocycles. The monoisotopic (exact) mass is 628 g/mol. The van der Waals surface area contributed by atoms with Crippen LogP contribution < -0.4 is 25.7 Å². The van der Waals surface area contributed by atoms with E-state index in [1.165, 1.54) is 20.3 Å². The van der Waals surface area contributed by atoms with E-state index in [9.17, 15) is 9.59 Å². The van der Waals surface area contributed by atoms with Crippen LogP contribution in [-0.2, 0) is 18.4 Å². The number of nitrogens with one attached hydrogen (secondary N) is 2. The summed E-state index contributed by atoms with van der Waals surface area (Å²) in [6, 6.07) is 14.1. The van der Waals surface area contributed by atoms with Crippen LogP contribution in [0, 0.1) is 0 Å². The number of methoxy groups -OCH3 is 2. The van der Waals surface area contributed by atoms with Crippen LogP contribution in [0.4, 0.5) is 17.5 Å². The zero-order chi connectivity index (χ0) is 32.1. The molecule has 0 bridgehead atoms. The number of nitrogens with zero attached hydrogens (tertiary/aromatic N) is 6. The maximum Gasteiger partial charge on any atom is 0.260 e. The molecular weight excluding hydrogens is 596 g/mol. The van der Waals surface area contributed by atoms with Crippen LogP contribution in [0.3, 0.4) is 0 Å². The van der Waals surface area contributed by atoms with Crippen molar-refractivity contribution < 1.29 is 14.3 Å². The van der Waals surface area contributed by atoms with E-state index in [1.54, 1.807) is 65.1 Å². The van der Waals surface area contributed by atoms with E-state index in [0.29, 0.717) is 51.7 Å². The Morgan fingerprint density at radius 3 is 2.62 bits per heavy atom. The number of benzene rings is 2. The Morgan fingerprint density at radius 2 is 1.91 bits per heavy atom. The van der Waals surface area contributed by atoms with E-state index in [4.69, 9.17) is 26.1 Å². The van der Waals surface area contributed by atoms with Crippen molar-refractivity contribution in [1.29, 1.82) is 0 Å². The normalized spacial score (nSPS) is 11.4. The lowest BCUT2D eigenvalue weighted by Crippen LogP contribution is -2.24. The minimum atomic E-state index is -0.344. The second-order valence-electron chi connectivity index (χ2n) is 10.5. The maximum absolute atomic E-state index is 14.3. The zero-order valence-corrected chi connectivity index (χ0v) is 26.3. The first-order chi connectivity index (χ1) is 21.6. The van der Waals surface area contributed by atoms with Crippen molar-refractivity contribution in [2.75, 3.05) is 45.5 Å². The third kappa shape index (κ3) is 7.31. The SMILES string of the molecule is COc1cc(OC)c(Cl)c(-c2cc3cnc(Nc4ccn(C)n4)nc3n(Cc3cccc(NC(=O)/C=C/CN(C)C)c3)c2=O)c1. The average Bonchev–Trinajstić information content (AvgIpc) is 3.43. The van der Waals surface area contributed by atoms with Gasteiger partial charge in [0.1, 0.15) is 17.1 Å². The highest BCUT2D eigenvalue weighted by atomic mass is 35.5. The van der Waals surface area contributed by atoms with Gasteiger partial charge < -0.3 is 25.0 Å². The van der Waals surface area contributed by atoms with E-state index in [-0.39, 0.29) is 29.0 Å². The van der Waals surface area contributed by atoms with E-state index >= 15 is 0 Å². The summed E-state index contributed by atoms with van der Waals surface area (Å²) in [5.41, 5.74) is 2.16. The maximum atomic E-state index is 14.3. The van der Waals surface area contributed by atoms with Gasteiger partial charge in [-0.1, -0.05) is 29.8 Å². The van der Waals surface area contributed by atoms with Gasteiger partial charge >= 0.3 is 0 Å². The summed E-state index contributed by atoms with van der Waals surface area (Å²) in [4.78, 5) is 37.9. The molecule has 0 saturated heterocycles. The minimum absolute atomic E-state index is 0.141. The second kappa shape index (κ2) is 13.6. The third-order valence-electron chi connectivity index (χ3n) is 6.81. The number of fused-ring (bicyclic) bond motifs is 1. The fourth-order valence-electron chi connectivity index (χ4n) is 4.67.